The summed E-state index contributed by atoms with van der Waals surface area (Å²) in [6, 6.07) is 0. The third kappa shape index (κ3) is 5.93. The summed E-state index contributed by atoms with van der Waals surface area (Å²) in [4.78, 5) is 11.4. The largest absolute Gasteiger partial charge is 0.373 e. The number of ether oxygens (including phenoxy) is 1. The zero-order valence-electron chi connectivity index (χ0n) is 10.1. The summed E-state index contributed by atoms with van der Waals surface area (Å²) in [5, 5.41) is 0. The van der Waals surface area contributed by atoms with Crippen LogP contribution in [-0.2, 0) is 9.53 Å². The highest BCUT2D eigenvalue weighted by molar-refractivity contribution is 5.79. The van der Waals surface area contributed by atoms with Crippen molar-refractivity contribution in [1.29, 1.82) is 0 Å². The second-order valence-electron chi connectivity index (χ2n) is 5.14. The van der Waals surface area contributed by atoms with Crippen LogP contribution in [0.15, 0.2) is 0 Å². The van der Waals surface area contributed by atoms with E-state index in [-0.39, 0.29) is 5.78 Å². The lowest BCUT2D eigenvalue weighted by molar-refractivity contribution is -0.124. The fourth-order valence-corrected chi connectivity index (χ4v) is 2.04. The molecule has 1 aliphatic carbocycles. The van der Waals surface area contributed by atoms with Crippen molar-refractivity contribution in [2.75, 3.05) is 13.2 Å². The third-order valence-electron chi connectivity index (χ3n) is 3.09. The average molecular weight is 212 g/mol. The number of Topliss-reactive ketones (excluding diaryl/α,β-unsaturated/α-hetero) is 1. The standard InChI is InChI=1S/C13H24O2/c1-11(2)7-8-13(14)10-15-9-12-5-3-4-6-12/h11-12H,3-10H2,1-2H3. The van der Waals surface area contributed by atoms with E-state index in [2.05, 4.69) is 13.8 Å². The Morgan fingerprint density at radius 2 is 2.00 bits per heavy atom. The van der Waals surface area contributed by atoms with Crippen molar-refractivity contribution in [3.8, 4) is 0 Å². The van der Waals surface area contributed by atoms with Crippen molar-refractivity contribution in [2.45, 2.75) is 52.4 Å². The molecular weight excluding hydrogens is 188 g/mol. The van der Waals surface area contributed by atoms with Crippen LogP contribution in [0.5, 0.6) is 0 Å². The Balaban J connectivity index is 1.96. The highest BCUT2D eigenvalue weighted by Crippen LogP contribution is 2.24. The number of hydrogen-bond donors (Lipinski definition) is 0. The van der Waals surface area contributed by atoms with Gasteiger partial charge in [0, 0.05) is 13.0 Å². The highest BCUT2D eigenvalue weighted by atomic mass is 16.5. The van der Waals surface area contributed by atoms with E-state index in [0.29, 0.717) is 18.9 Å². The summed E-state index contributed by atoms with van der Waals surface area (Å²) in [5.41, 5.74) is 0. The molecule has 0 aromatic carbocycles. The Kier molecular flexibility index (Phi) is 5.92. The molecule has 0 bridgehead atoms. The van der Waals surface area contributed by atoms with Crippen LogP contribution < -0.4 is 0 Å². The van der Waals surface area contributed by atoms with Gasteiger partial charge in [-0.25, -0.2) is 0 Å². The van der Waals surface area contributed by atoms with Crippen molar-refractivity contribution < 1.29 is 9.53 Å². The molecule has 1 saturated carbocycles. The van der Waals surface area contributed by atoms with Crippen LogP contribution >= 0.6 is 0 Å². The smallest absolute Gasteiger partial charge is 0.158 e. The number of carbonyl (C=O) groups is 1. The van der Waals surface area contributed by atoms with Crippen LogP contribution in [0.4, 0.5) is 0 Å². The van der Waals surface area contributed by atoms with E-state index in [1.807, 2.05) is 0 Å². The van der Waals surface area contributed by atoms with E-state index in [9.17, 15) is 4.79 Å². The summed E-state index contributed by atoms with van der Waals surface area (Å²) >= 11 is 0. The van der Waals surface area contributed by atoms with Crippen LogP contribution in [0.3, 0.4) is 0 Å². The van der Waals surface area contributed by atoms with Crippen molar-refractivity contribution in [3.05, 3.63) is 0 Å². The molecule has 1 fully saturated rings. The predicted molar refractivity (Wildman–Crippen MR) is 61.9 cm³/mol. The molecule has 0 radical (unpaired) electrons. The maximum Gasteiger partial charge on any atom is 0.158 e. The Morgan fingerprint density at radius 3 is 2.60 bits per heavy atom. The molecule has 0 saturated heterocycles. The minimum Gasteiger partial charge on any atom is -0.373 e. The monoisotopic (exact) mass is 212 g/mol. The third-order valence-corrected chi connectivity index (χ3v) is 3.09. The molecule has 0 atom stereocenters. The lowest BCUT2D eigenvalue weighted by atomic mass is 10.1. The first-order valence-electron chi connectivity index (χ1n) is 6.28. The summed E-state index contributed by atoms with van der Waals surface area (Å²) < 4.78 is 5.46. The van der Waals surface area contributed by atoms with E-state index in [1.165, 1.54) is 25.7 Å². The molecule has 0 aromatic heterocycles. The Morgan fingerprint density at radius 1 is 1.33 bits per heavy atom. The molecule has 0 N–H and O–H groups in total. The van der Waals surface area contributed by atoms with Crippen LogP contribution in [0.25, 0.3) is 0 Å². The number of ketones is 1. The van der Waals surface area contributed by atoms with Crippen LogP contribution in [-0.4, -0.2) is 19.0 Å². The minimum atomic E-state index is 0.265. The van der Waals surface area contributed by atoms with Gasteiger partial charge in [-0.2, -0.15) is 0 Å². The topological polar surface area (TPSA) is 26.3 Å². The first kappa shape index (κ1) is 12.7. The van der Waals surface area contributed by atoms with Crippen molar-refractivity contribution in [2.24, 2.45) is 11.8 Å². The normalized spacial score (nSPS) is 17.5. The quantitative estimate of drug-likeness (QED) is 0.648. The van der Waals surface area contributed by atoms with Crippen LogP contribution in [0.1, 0.15) is 52.4 Å². The van der Waals surface area contributed by atoms with Crippen LogP contribution in [0.2, 0.25) is 0 Å². The van der Waals surface area contributed by atoms with Gasteiger partial charge in [-0.1, -0.05) is 26.7 Å². The fraction of sp³-hybridized carbons (Fsp3) is 0.923. The molecule has 0 amide bonds. The Hall–Kier alpha value is -0.370. The lowest BCUT2D eigenvalue weighted by Crippen LogP contribution is -2.13. The van der Waals surface area contributed by atoms with Crippen molar-refractivity contribution >= 4 is 5.78 Å². The zero-order valence-corrected chi connectivity index (χ0v) is 10.1. The average Bonchev–Trinajstić information content (AvgIpc) is 2.67. The summed E-state index contributed by atoms with van der Waals surface area (Å²) in [6.07, 6.45) is 6.94. The van der Waals surface area contributed by atoms with E-state index in [0.717, 1.165) is 18.9 Å². The van der Waals surface area contributed by atoms with Crippen molar-refractivity contribution in [3.63, 3.8) is 0 Å². The van der Waals surface area contributed by atoms with Gasteiger partial charge in [0.15, 0.2) is 5.78 Å². The second kappa shape index (κ2) is 7.00. The van der Waals surface area contributed by atoms with Gasteiger partial charge >= 0.3 is 0 Å². The Bertz CT molecular complexity index is 181. The molecule has 88 valence electrons. The number of rotatable bonds is 7. The molecular formula is C13H24O2. The maximum atomic E-state index is 11.4. The highest BCUT2D eigenvalue weighted by Gasteiger charge is 2.15. The van der Waals surface area contributed by atoms with Gasteiger partial charge in [0.05, 0.1) is 0 Å². The van der Waals surface area contributed by atoms with Gasteiger partial charge in [0.25, 0.3) is 0 Å². The van der Waals surface area contributed by atoms with Gasteiger partial charge in [-0.3, -0.25) is 4.79 Å². The molecule has 15 heavy (non-hydrogen) atoms. The SMILES string of the molecule is CC(C)CCC(=O)COCC1CCCC1. The lowest BCUT2D eigenvalue weighted by Gasteiger charge is -2.09. The summed E-state index contributed by atoms with van der Waals surface area (Å²) in [6.45, 7) is 5.43. The molecule has 0 aromatic rings. The fourth-order valence-electron chi connectivity index (χ4n) is 2.04. The number of hydrogen-bond acceptors (Lipinski definition) is 2. The van der Waals surface area contributed by atoms with Gasteiger partial charge < -0.3 is 4.74 Å². The van der Waals surface area contributed by atoms with Crippen LogP contribution in [0, 0.1) is 11.8 Å². The van der Waals surface area contributed by atoms with Gasteiger partial charge in [0.1, 0.15) is 6.61 Å². The van der Waals surface area contributed by atoms with E-state index in [4.69, 9.17) is 4.74 Å². The predicted octanol–water partition coefficient (Wildman–Crippen LogP) is 3.20. The van der Waals surface area contributed by atoms with Gasteiger partial charge in [-0.15, -0.1) is 0 Å². The molecule has 2 nitrogen and oxygen atoms in total. The molecule has 0 unspecified atom stereocenters. The maximum absolute atomic E-state index is 11.4. The molecule has 0 spiro atoms. The van der Waals surface area contributed by atoms with E-state index < -0.39 is 0 Å². The Labute approximate surface area is 93.4 Å². The molecule has 0 aliphatic heterocycles. The molecule has 1 aliphatic rings. The first-order valence-corrected chi connectivity index (χ1v) is 6.28. The first-order chi connectivity index (χ1) is 7.18. The molecule has 2 heteroatoms. The second-order valence-corrected chi connectivity index (χ2v) is 5.14. The van der Waals surface area contributed by atoms with E-state index in [1.54, 1.807) is 0 Å². The zero-order chi connectivity index (χ0) is 11.1. The van der Waals surface area contributed by atoms with Gasteiger partial charge in [-0.05, 0) is 31.1 Å². The molecule has 0 heterocycles. The van der Waals surface area contributed by atoms with Gasteiger partial charge in [0.2, 0.25) is 0 Å². The number of carbonyl (C=O) groups excluding carboxylic acids is 1. The summed E-state index contributed by atoms with van der Waals surface area (Å²) in [5.74, 6) is 1.60. The minimum absolute atomic E-state index is 0.265. The van der Waals surface area contributed by atoms with Crippen molar-refractivity contribution in [1.82, 2.24) is 0 Å². The van der Waals surface area contributed by atoms with E-state index >= 15 is 0 Å². The summed E-state index contributed by atoms with van der Waals surface area (Å²) in [7, 11) is 0. The molecule has 1 rings (SSSR count).